The highest BCUT2D eigenvalue weighted by atomic mass is 16.6. The van der Waals surface area contributed by atoms with Crippen LogP contribution in [0.1, 0.15) is 22.3 Å². The molecule has 0 aliphatic rings. The quantitative estimate of drug-likeness (QED) is 0.178. The van der Waals surface area contributed by atoms with Crippen LogP contribution in [0.2, 0.25) is 0 Å². The van der Waals surface area contributed by atoms with E-state index in [1.54, 1.807) is 49.6 Å². The van der Waals surface area contributed by atoms with Crippen molar-refractivity contribution in [3.05, 3.63) is 76.9 Å². The van der Waals surface area contributed by atoms with Gasteiger partial charge < -0.3 is 23.7 Å². The zero-order chi connectivity index (χ0) is 25.4. The summed E-state index contributed by atoms with van der Waals surface area (Å²) >= 11 is 0. The van der Waals surface area contributed by atoms with Gasteiger partial charge in [0.2, 0.25) is 0 Å². The average Bonchev–Trinajstić information content (AvgIpc) is 2.88. The molecular weight excluding hydrogens is 446 g/mol. The Balaban J connectivity index is 1.77. The highest BCUT2D eigenvalue weighted by Crippen LogP contribution is 2.33. The minimum atomic E-state index is -0.560. The third-order valence-corrected chi connectivity index (χ3v) is 5.23. The van der Waals surface area contributed by atoms with Crippen LogP contribution in [-0.2, 0) is 4.79 Å². The molecule has 0 unspecified atom stereocenters. The molecule has 3 aromatic rings. The van der Waals surface area contributed by atoms with Crippen LogP contribution in [0.5, 0.6) is 28.7 Å². The summed E-state index contributed by atoms with van der Waals surface area (Å²) < 4.78 is 27.1. The Kier molecular flexibility index (Phi) is 8.36. The Bertz CT molecular complexity index is 1290. The summed E-state index contributed by atoms with van der Waals surface area (Å²) in [5.74, 6) is 1.77. The van der Waals surface area contributed by atoms with Gasteiger partial charge in [-0.1, -0.05) is 18.2 Å². The minimum Gasteiger partial charge on any atom is -0.493 e. The molecule has 0 heterocycles. The average molecular weight is 474 g/mol. The number of methoxy groups -OCH3 is 3. The summed E-state index contributed by atoms with van der Waals surface area (Å²) in [5, 5.41) is 9.72. The number of aryl methyl sites for hydroxylation is 2. The second-order valence-electron chi connectivity index (χ2n) is 7.68. The molecule has 0 radical (unpaired) electrons. The second kappa shape index (κ2) is 11.6. The molecule has 7 nitrogen and oxygen atoms in total. The fourth-order valence-electron chi connectivity index (χ4n) is 3.36. The minimum absolute atomic E-state index is 0.243. The van der Waals surface area contributed by atoms with Crippen molar-refractivity contribution < 1.29 is 28.5 Å². The van der Waals surface area contributed by atoms with E-state index in [4.69, 9.17) is 23.7 Å². The van der Waals surface area contributed by atoms with Crippen LogP contribution in [0.25, 0.3) is 11.6 Å². The molecule has 0 aliphatic heterocycles. The molecule has 180 valence electrons. The van der Waals surface area contributed by atoms with E-state index in [1.807, 2.05) is 32.0 Å². The van der Waals surface area contributed by atoms with Gasteiger partial charge in [-0.05, 0) is 78.6 Å². The number of esters is 1. The van der Waals surface area contributed by atoms with E-state index >= 15 is 0 Å². The molecule has 7 heteroatoms. The molecule has 0 N–H and O–H groups in total. The second-order valence-corrected chi connectivity index (χ2v) is 7.68. The molecule has 0 fully saturated rings. The molecule has 0 bridgehead atoms. The lowest BCUT2D eigenvalue weighted by Crippen LogP contribution is -2.18. The molecule has 0 atom stereocenters. The molecule has 0 aromatic heterocycles. The van der Waals surface area contributed by atoms with E-state index in [2.05, 4.69) is 6.07 Å². The summed E-state index contributed by atoms with van der Waals surface area (Å²) in [6.07, 6.45) is 1.71. The largest absolute Gasteiger partial charge is 0.493 e. The predicted molar refractivity (Wildman–Crippen MR) is 133 cm³/mol. The van der Waals surface area contributed by atoms with Gasteiger partial charge in [0.1, 0.15) is 5.75 Å². The molecule has 0 aliphatic carbocycles. The maximum atomic E-state index is 12.4. The zero-order valence-corrected chi connectivity index (χ0v) is 20.4. The molecule has 0 saturated heterocycles. The Morgan fingerprint density at radius 3 is 2.20 bits per heavy atom. The zero-order valence-electron chi connectivity index (χ0n) is 20.4. The SMILES string of the molecule is COc1ccc(/C(C#N)=C\c2ccc(OC(=O)COc3cc(C)ccc3C)c(OC)c2)cc1OC. The highest BCUT2D eigenvalue weighted by Gasteiger charge is 2.13. The van der Waals surface area contributed by atoms with E-state index in [0.29, 0.717) is 39.7 Å². The van der Waals surface area contributed by atoms with Gasteiger partial charge in [-0.25, -0.2) is 4.79 Å². The van der Waals surface area contributed by atoms with Crippen molar-refractivity contribution in [1.29, 1.82) is 5.26 Å². The van der Waals surface area contributed by atoms with Gasteiger partial charge in [0.15, 0.2) is 29.6 Å². The van der Waals surface area contributed by atoms with E-state index in [0.717, 1.165) is 11.1 Å². The van der Waals surface area contributed by atoms with E-state index in [-0.39, 0.29) is 12.4 Å². The number of allylic oxidation sites excluding steroid dienone is 1. The van der Waals surface area contributed by atoms with Crippen LogP contribution >= 0.6 is 0 Å². The Hall–Kier alpha value is -4.44. The van der Waals surface area contributed by atoms with Crippen LogP contribution in [0.4, 0.5) is 0 Å². The summed E-state index contributed by atoms with van der Waals surface area (Å²) in [4.78, 5) is 12.4. The van der Waals surface area contributed by atoms with Gasteiger partial charge in [-0.2, -0.15) is 5.26 Å². The number of hydrogen-bond acceptors (Lipinski definition) is 7. The van der Waals surface area contributed by atoms with Crippen LogP contribution in [0.3, 0.4) is 0 Å². The van der Waals surface area contributed by atoms with Gasteiger partial charge in [-0.15, -0.1) is 0 Å². The lowest BCUT2D eigenvalue weighted by Gasteiger charge is -2.12. The van der Waals surface area contributed by atoms with Gasteiger partial charge in [0.25, 0.3) is 0 Å². The summed E-state index contributed by atoms with van der Waals surface area (Å²) in [6, 6.07) is 18.3. The maximum Gasteiger partial charge on any atom is 0.349 e. The molecular formula is C28H27NO6. The van der Waals surface area contributed by atoms with Crippen molar-refractivity contribution in [2.24, 2.45) is 0 Å². The molecule has 3 aromatic carbocycles. The van der Waals surface area contributed by atoms with E-state index < -0.39 is 5.97 Å². The molecule has 3 rings (SSSR count). The summed E-state index contributed by atoms with van der Waals surface area (Å²) in [6.45, 7) is 3.62. The van der Waals surface area contributed by atoms with Crippen LogP contribution in [-0.4, -0.2) is 33.9 Å². The standard InChI is InChI=1S/C28H27NO6/c1-18-6-7-19(2)25(12-18)34-17-28(30)35-24-10-8-20(14-26(24)32-4)13-22(16-29)21-9-11-23(31-3)27(15-21)33-5/h6-15H,17H2,1-5H3/b22-13-. The Morgan fingerprint density at radius 1 is 0.829 bits per heavy atom. The molecule has 0 amide bonds. The van der Waals surface area contributed by atoms with Gasteiger partial charge in [0.05, 0.1) is 33.0 Å². The fraction of sp³-hybridized carbons (Fsp3) is 0.214. The molecule has 0 saturated carbocycles. The highest BCUT2D eigenvalue weighted by molar-refractivity contribution is 5.90. The van der Waals surface area contributed by atoms with Gasteiger partial charge in [0, 0.05) is 0 Å². The third-order valence-electron chi connectivity index (χ3n) is 5.23. The maximum absolute atomic E-state index is 12.4. The number of rotatable bonds is 9. The molecule has 35 heavy (non-hydrogen) atoms. The van der Waals surface area contributed by atoms with Crippen molar-refractivity contribution >= 4 is 17.6 Å². The summed E-state index contributed by atoms with van der Waals surface area (Å²) in [7, 11) is 4.57. The van der Waals surface area contributed by atoms with Crippen LogP contribution in [0.15, 0.2) is 54.6 Å². The lowest BCUT2D eigenvalue weighted by molar-refractivity contribution is -0.136. The fourth-order valence-corrected chi connectivity index (χ4v) is 3.36. The van der Waals surface area contributed by atoms with Crippen molar-refractivity contribution in [3.63, 3.8) is 0 Å². The number of hydrogen-bond donors (Lipinski definition) is 0. The third kappa shape index (κ3) is 6.33. The summed E-state index contributed by atoms with van der Waals surface area (Å²) in [5.41, 5.74) is 3.75. The normalized spacial score (nSPS) is 10.8. The topological polar surface area (TPSA) is 87.0 Å². The van der Waals surface area contributed by atoms with Crippen LogP contribution in [0, 0.1) is 25.2 Å². The smallest absolute Gasteiger partial charge is 0.349 e. The van der Waals surface area contributed by atoms with Gasteiger partial charge in [-0.3, -0.25) is 0 Å². The number of nitriles is 1. The predicted octanol–water partition coefficient (Wildman–Crippen LogP) is 5.38. The van der Waals surface area contributed by atoms with Crippen LogP contribution < -0.4 is 23.7 Å². The van der Waals surface area contributed by atoms with E-state index in [1.165, 1.54) is 14.2 Å². The number of benzene rings is 3. The number of carbonyl (C=O) groups excluding carboxylic acids is 1. The monoisotopic (exact) mass is 473 g/mol. The Labute approximate surface area is 205 Å². The van der Waals surface area contributed by atoms with Crippen molar-refractivity contribution in [2.45, 2.75) is 13.8 Å². The first-order valence-electron chi connectivity index (χ1n) is 10.8. The first kappa shape index (κ1) is 25.2. The van der Waals surface area contributed by atoms with Gasteiger partial charge >= 0.3 is 5.97 Å². The van der Waals surface area contributed by atoms with Crippen molar-refractivity contribution in [1.82, 2.24) is 0 Å². The Morgan fingerprint density at radius 2 is 1.51 bits per heavy atom. The number of ether oxygens (including phenoxy) is 5. The van der Waals surface area contributed by atoms with Crippen molar-refractivity contribution in [3.8, 4) is 34.8 Å². The first-order valence-corrected chi connectivity index (χ1v) is 10.8. The molecule has 0 spiro atoms. The van der Waals surface area contributed by atoms with E-state index in [9.17, 15) is 10.1 Å². The number of nitrogens with zero attached hydrogens (tertiary/aromatic N) is 1. The number of carbonyl (C=O) groups is 1. The van der Waals surface area contributed by atoms with Crippen molar-refractivity contribution in [2.75, 3.05) is 27.9 Å². The lowest BCUT2D eigenvalue weighted by atomic mass is 10.0. The first-order chi connectivity index (χ1) is 16.9.